The SMILES string of the molecule is C[C@@H](Nc1nc(-c2noc(=O)[nH]2)nc2ncn(CC3CCC(C(F)(F)F)CC3)c12)C1CCC1. The second-order valence-corrected chi connectivity index (χ2v) is 9.29. The highest BCUT2D eigenvalue weighted by atomic mass is 19.4. The Morgan fingerprint density at radius 2 is 1.97 bits per heavy atom. The monoisotopic (exact) mass is 465 g/mol. The number of H-pyrrole nitrogens is 1. The number of halogens is 3. The maximum Gasteiger partial charge on any atom is 0.439 e. The molecule has 9 nitrogen and oxygen atoms in total. The van der Waals surface area contributed by atoms with Crippen LogP contribution in [-0.4, -0.2) is 41.9 Å². The third-order valence-corrected chi connectivity index (χ3v) is 7.11. The average Bonchev–Trinajstić information content (AvgIpc) is 3.33. The molecule has 33 heavy (non-hydrogen) atoms. The number of hydrogen-bond acceptors (Lipinski definition) is 7. The second kappa shape index (κ2) is 8.45. The Balaban J connectivity index is 1.44. The molecule has 0 spiro atoms. The molecule has 0 saturated heterocycles. The number of aromatic nitrogens is 6. The van der Waals surface area contributed by atoms with Crippen LogP contribution < -0.4 is 11.1 Å². The molecule has 3 aromatic rings. The number of alkyl halides is 3. The summed E-state index contributed by atoms with van der Waals surface area (Å²) in [5, 5.41) is 7.16. The number of imidazole rings is 1. The lowest BCUT2D eigenvalue weighted by Crippen LogP contribution is -2.31. The Bertz CT molecular complexity index is 1170. The molecule has 2 saturated carbocycles. The van der Waals surface area contributed by atoms with Crippen LogP contribution >= 0.6 is 0 Å². The molecule has 178 valence electrons. The number of hydrogen-bond donors (Lipinski definition) is 2. The van der Waals surface area contributed by atoms with Crippen LogP contribution in [0, 0.1) is 17.8 Å². The fourth-order valence-corrected chi connectivity index (χ4v) is 4.87. The van der Waals surface area contributed by atoms with Gasteiger partial charge in [0, 0.05) is 12.6 Å². The van der Waals surface area contributed by atoms with Gasteiger partial charge in [-0.15, -0.1) is 0 Å². The lowest BCUT2D eigenvalue weighted by atomic mass is 9.80. The Morgan fingerprint density at radius 1 is 1.21 bits per heavy atom. The van der Waals surface area contributed by atoms with Crippen LogP contribution in [0.3, 0.4) is 0 Å². The maximum absolute atomic E-state index is 13.0. The quantitative estimate of drug-likeness (QED) is 0.562. The summed E-state index contributed by atoms with van der Waals surface area (Å²) in [7, 11) is 0. The van der Waals surface area contributed by atoms with Gasteiger partial charge in [-0.25, -0.2) is 19.7 Å². The maximum atomic E-state index is 13.0. The third kappa shape index (κ3) is 4.47. The number of rotatable bonds is 6. The fourth-order valence-electron chi connectivity index (χ4n) is 4.87. The van der Waals surface area contributed by atoms with E-state index in [1.54, 1.807) is 6.33 Å². The van der Waals surface area contributed by atoms with Gasteiger partial charge in [0.15, 0.2) is 11.5 Å². The van der Waals surface area contributed by atoms with Crippen LogP contribution in [0.2, 0.25) is 0 Å². The molecule has 12 heteroatoms. The Hall–Kier alpha value is -2.92. The van der Waals surface area contributed by atoms with Crippen molar-refractivity contribution in [2.75, 3.05) is 5.32 Å². The van der Waals surface area contributed by atoms with Crippen molar-refractivity contribution < 1.29 is 17.7 Å². The molecular formula is C21H26F3N7O2. The van der Waals surface area contributed by atoms with Crippen molar-refractivity contribution in [2.45, 2.75) is 70.6 Å². The van der Waals surface area contributed by atoms with Gasteiger partial charge in [-0.2, -0.15) is 13.2 Å². The summed E-state index contributed by atoms with van der Waals surface area (Å²) in [4.78, 5) is 27.3. The van der Waals surface area contributed by atoms with Crippen molar-refractivity contribution in [1.82, 2.24) is 29.7 Å². The second-order valence-electron chi connectivity index (χ2n) is 9.29. The van der Waals surface area contributed by atoms with Crippen LogP contribution in [0.1, 0.15) is 51.9 Å². The number of aromatic amines is 1. The molecular weight excluding hydrogens is 439 g/mol. The van der Waals surface area contributed by atoms with Crippen LogP contribution in [0.25, 0.3) is 22.8 Å². The van der Waals surface area contributed by atoms with Gasteiger partial charge in [0.25, 0.3) is 0 Å². The van der Waals surface area contributed by atoms with E-state index < -0.39 is 17.9 Å². The minimum Gasteiger partial charge on any atom is -0.365 e. The van der Waals surface area contributed by atoms with Crippen molar-refractivity contribution >= 4 is 17.0 Å². The summed E-state index contributed by atoms with van der Waals surface area (Å²) in [5.41, 5.74) is 1.13. The number of nitrogens with one attached hydrogen (secondary N) is 2. The zero-order valence-corrected chi connectivity index (χ0v) is 18.2. The van der Waals surface area contributed by atoms with E-state index in [9.17, 15) is 18.0 Å². The van der Waals surface area contributed by atoms with Gasteiger partial charge in [0.1, 0.15) is 5.52 Å². The average molecular weight is 465 g/mol. The number of nitrogens with zero attached hydrogens (tertiary/aromatic N) is 5. The third-order valence-electron chi connectivity index (χ3n) is 7.11. The normalized spacial score (nSPS) is 22.9. The number of anilines is 1. The molecule has 3 aromatic heterocycles. The van der Waals surface area contributed by atoms with Crippen molar-refractivity contribution in [3.63, 3.8) is 0 Å². The van der Waals surface area contributed by atoms with E-state index in [1.807, 2.05) is 4.57 Å². The largest absolute Gasteiger partial charge is 0.439 e. The Labute approximate surface area is 187 Å². The van der Waals surface area contributed by atoms with Crippen molar-refractivity contribution in [3.8, 4) is 11.6 Å². The first-order valence-electron chi connectivity index (χ1n) is 11.4. The van der Waals surface area contributed by atoms with E-state index in [1.165, 1.54) is 6.42 Å². The minimum absolute atomic E-state index is 0.112. The molecule has 0 bridgehead atoms. The highest BCUT2D eigenvalue weighted by Gasteiger charge is 2.41. The molecule has 0 aromatic carbocycles. The molecule has 0 unspecified atom stereocenters. The molecule has 0 aliphatic heterocycles. The van der Waals surface area contributed by atoms with Gasteiger partial charge < -0.3 is 9.88 Å². The molecule has 0 amide bonds. The predicted octanol–water partition coefficient (Wildman–Crippen LogP) is 4.14. The molecule has 3 heterocycles. The first-order chi connectivity index (χ1) is 15.8. The summed E-state index contributed by atoms with van der Waals surface area (Å²) in [5.74, 6) is -0.368. The predicted molar refractivity (Wildman–Crippen MR) is 113 cm³/mol. The van der Waals surface area contributed by atoms with Crippen molar-refractivity contribution in [2.24, 2.45) is 17.8 Å². The van der Waals surface area contributed by atoms with Gasteiger partial charge >= 0.3 is 11.9 Å². The Kier molecular flexibility index (Phi) is 5.61. The van der Waals surface area contributed by atoms with Gasteiger partial charge in [-0.1, -0.05) is 11.6 Å². The summed E-state index contributed by atoms with van der Waals surface area (Å²) in [6.45, 7) is 2.66. The summed E-state index contributed by atoms with van der Waals surface area (Å²) < 4.78 is 45.6. The Morgan fingerprint density at radius 3 is 2.58 bits per heavy atom. The minimum atomic E-state index is -4.12. The van der Waals surface area contributed by atoms with E-state index in [2.05, 4.69) is 41.9 Å². The first-order valence-corrected chi connectivity index (χ1v) is 11.4. The smallest absolute Gasteiger partial charge is 0.365 e. The highest BCUT2D eigenvalue weighted by molar-refractivity contribution is 5.85. The molecule has 2 aliphatic carbocycles. The van der Waals surface area contributed by atoms with Crippen LogP contribution in [0.5, 0.6) is 0 Å². The standard InChI is InChI=1S/C21H26F3N7O2/c1-11(13-3-2-4-13)26-17-15-16(27-18(28-17)19-29-20(32)33-30-19)25-10-31(15)9-12-5-7-14(8-6-12)21(22,23)24/h10-14H,2-9H2,1H3,(H,26,27,28)(H,29,30,32)/t11-,12?,14?/m1/s1. The van der Waals surface area contributed by atoms with Gasteiger partial charge in [-0.3, -0.25) is 9.51 Å². The fraction of sp³-hybridized carbons (Fsp3) is 0.667. The molecule has 2 aliphatic rings. The van der Waals surface area contributed by atoms with Crippen LogP contribution in [0.4, 0.5) is 19.0 Å². The van der Waals surface area contributed by atoms with Gasteiger partial charge in [-0.05, 0) is 57.3 Å². The molecule has 5 rings (SSSR count). The summed E-state index contributed by atoms with van der Waals surface area (Å²) >= 11 is 0. The van der Waals surface area contributed by atoms with Gasteiger partial charge in [0.2, 0.25) is 11.6 Å². The zero-order chi connectivity index (χ0) is 23.2. The molecule has 0 radical (unpaired) electrons. The van der Waals surface area contributed by atoms with Crippen LogP contribution in [-0.2, 0) is 6.54 Å². The van der Waals surface area contributed by atoms with Gasteiger partial charge in [0.05, 0.1) is 12.2 Å². The van der Waals surface area contributed by atoms with E-state index >= 15 is 0 Å². The van der Waals surface area contributed by atoms with E-state index in [0.717, 1.165) is 12.8 Å². The van der Waals surface area contributed by atoms with E-state index in [0.29, 0.717) is 42.3 Å². The molecule has 1 atom stereocenters. The molecule has 2 fully saturated rings. The summed E-state index contributed by atoms with van der Waals surface area (Å²) in [6, 6.07) is 0.173. The lowest BCUT2D eigenvalue weighted by Gasteiger charge is -2.32. The van der Waals surface area contributed by atoms with E-state index in [4.69, 9.17) is 0 Å². The van der Waals surface area contributed by atoms with Crippen molar-refractivity contribution in [3.05, 3.63) is 16.9 Å². The molecule has 2 N–H and O–H groups in total. The van der Waals surface area contributed by atoms with Crippen LogP contribution in [0.15, 0.2) is 15.6 Å². The topological polar surface area (TPSA) is 115 Å². The zero-order valence-electron chi connectivity index (χ0n) is 18.2. The van der Waals surface area contributed by atoms with E-state index in [-0.39, 0.29) is 36.5 Å². The highest BCUT2D eigenvalue weighted by Crippen LogP contribution is 2.40. The first kappa shape index (κ1) is 21.9. The van der Waals surface area contributed by atoms with Crippen molar-refractivity contribution in [1.29, 1.82) is 0 Å². The summed E-state index contributed by atoms with van der Waals surface area (Å²) in [6.07, 6.45) is 2.39. The lowest BCUT2D eigenvalue weighted by molar-refractivity contribution is -0.184. The number of fused-ring (bicyclic) bond motifs is 1.